The smallest absolute Gasteiger partial charge is 0.311 e. The van der Waals surface area contributed by atoms with Crippen LogP contribution in [-0.2, 0) is 9.59 Å². The van der Waals surface area contributed by atoms with Gasteiger partial charge in [0, 0.05) is 38.3 Å². The summed E-state index contributed by atoms with van der Waals surface area (Å²) in [5.74, 6) is -0.254. The van der Waals surface area contributed by atoms with Gasteiger partial charge >= 0.3 is 5.69 Å². The van der Waals surface area contributed by atoms with E-state index in [0.29, 0.717) is 31.9 Å². The molecule has 1 fully saturated rings. The molecular formula is C17H25ClN4O6. The Balaban J connectivity index is 0.00000392. The van der Waals surface area contributed by atoms with Crippen LogP contribution in [0.1, 0.15) is 12.8 Å². The molecular weight excluding hydrogens is 392 g/mol. The molecule has 0 aliphatic carbocycles. The number of amides is 2. The van der Waals surface area contributed by atoms with Gasteiger partial charge in [0.2, 0.25) is 11.7 Å². The van der Waals surface area contributed by atoms with E-state index in [1.54, 1.807) is 4.90 Å². The van der Waals surface area contributed by atoms with Crippen molar-refractivity contribution in [2.75, 3.05) is 39.9 Å². The van der Waals surface area contributed by atoms with Gasteiger partial charge in [-0.3, -0.25) is 19.7 Å². The van der Waals surface area contributed by atoms with Gasteiger partial charge in [0.1, 0.15) is 5.75 Å². The van der Waals surface area contributed by atoms with Crippen molar-refractivity contribution in [2.45, 2.75) is 12.8 Å². The molecule has 3 N–H and O–H groups in total. The van der Waals surface area contributed by atoms with Gasteiger partial charge in [-0.1, -0.05) is 0 Å². The van der Waals surface area contributed by atoms with Crippen LogP contribution in [0.3, 0.4) is 0 Å². The van der Waals surface area contributed by atoms with Gasteiger partial charge in [0.15, 0.2) is 6.61 Å². The number of nitro groups is 1. The highest BCUT2D eigenvalue weighted by atomic mass is 35.5. The number of nitro benzene ring substituents is 1. The summed E-state index contributed by atoms with van der Waals surface area (Å²) in [6.45, 7) is 1.45. The zero-order chi connectivity index (χ0) is 19.8. The first kappa shape index (κ1) is 23.4. The summed E-state index contributed by atoms with van der Waals surface area (Å²) in [5.41, 5.74) is 5.20. The maximum Gasteiger partial charge on any atom is 0.311 e. The van der Waals surface area contributed by atoms with Crippen molar-refractivity contribution >= 4 is 29.9 Å². The number of rotatable bonds is 8. The number of carbonyl (C=O) groups is 2. The second-order valence-corrected chi connectivity index (χ2v) is 6.14. The maximum absolute atomic E-state index is 12.4. The first-order valence-corrected chi connectivity index (χ1v) is 8.67. The molecule has 10 nitrogen and oxygen atoms in total. The van der Waals surface area contributed by atoms with Crippen molar-refractivity contribution in [3.8, 4) is 11.5 Å². The fraction of sp³-hybridized carbons (Fsp3) is 0.529. The predicted octanol–water partition coefficient (Wildman–Crippen LogP) is 0.718. The van der Waals surface area contributed by atoms with Crippen molar-refractivity contribution in [3.63, 3.8) is 0 Å². The van der Waals surface area contributed by atoms with Crippen molar-refractivity contribution < 1.29 is 24.0 Å². The first-order chi connectivity index (χ1) is 13.0. The summed E-state index contributed by atoms with van der Waals surface area (Å²) in [6.07, 6.45) is 1.46. The highest BCUT2D eigenvalue weighted by Crippen LogP contribution is 2.30. The van der Waals surface area contributed by atoms with Gasteiger partial charge in [-0.25, -0.2) is 0 Å². The number of nitrogens with one attached hydrogen (secondary N) is 1. The van der Waals surface area contributed by atoms with Crippen molar-refractivity contribution in [3.05, 3.63) is 28.3 Å². The molecule has 0 spiro atoms. The van der Waals surface area contributed by atoms with Crippen LogP contribution in [-0.4, -0.2) is 61.5 Å². The Labute approximate surface area is 168 Å². The first-order valence-electron chi connectivity index (χ1n) is 8.67. The number of methoxy groups -OCH3 is 1. The zero-order valence-corrected chi connectivity index (χ0v) is 16.4. The number of nitrogens with zero attached hydrogens (tertiary/aromatic N) is 2. The summed E-state index contributed by atoms with van der Waals surface area (Å²) in [4.78, 5) is 36.4. The van der Waals surface area contributed by atoms with Crippen LogP contribution in [0.4, 0.5) is 5.69 Å². The number of hydrogen-bond acceptors (Lipinski definition) is 7. The second kappa shape index (κ2) is 11.3. The Hall–Kier alpha value is -2.59. The molecule has 11 heteroatoms. The van der Waals surface area contributed by atoms with E-state index in [1.165, 1.54) is 25.3 Å². The van der Waals surface area contributed by atoms with Gasteiger partial charge in [-0.15, -0.1) is 12.4 Å². The normalized spacial score (nSPS) is 15.9. The van der Waals surface area contributed by atoms with Crippen LogP contribution in [0.5, 0.6) is 11.5 Å². The van der Waals surface area contributed by atoms with Crippen LogP contribution in [0.2, 0.25) is 0 Å². The molecule has 2 rings (SSSR count). The molecule has 1 aromatic rings. The molecule has 28 heavy (non-hydrogen) atoms. The van der Waals surface area contributed by atoms with Gasteiger partial charge < -0.3 is 25.4 Å². The van der Waals surface area contributed by atoms with Crippen molar-refractivity contribution in [2.24, 2.45) is 11.7 Å². The molecule has 2 amide bonds. The Kier molecular flexibility index (Phi) is 9.46. The molecule has 156 valence electrons. The van der Waals surface area contributed by atoms with Gasteiger partial charge in [0.25, 0.3) is 5.91 Å². The van der Waals surface area contributed by atoms with E-state index in [1.807, 2.05) is 0 Å². The third-order valence-electron chi connectivity index (χ3n) is 4.30. The molecule has 0 aromatic heterocycles. The number of likely N-dealkylation sites (tertiary alicyclic amines) is 1. The van der Waals surface area contributed by atoms with Gasteiger partial charge in [-0.05, 0) is 18.9 Å². The average Bonchev–Trinajstić information content (AvgIpc) is 2.69. The SMILES string of the molecule is COc1cc(OCC(=O)N2CCCC(C(=O)NCCN)C2)ccc1[N+](=O)[O-].Cl. The third-order valence-corrected chi connectivity index (χ3v) is 4.30. The Morgan fingerprint density at radius 2 is 2.18 bits per heavy atom. The highest BCUT2D eigenvalue weighted by molar-refractivity contribution is 5.85. The number of carbonyl (C=O) groups excluding carboxylic acids is 2. The standard InChI is InChI=1S/C17H24N4O6.ClH/c1-26-15-9-13(4-5-14(15)21(24)25)27-11-16(22)20-8-2-3-12(10-20)17(23)19-7-6-18;/h4-5,9,12H,2-3,6-8,10-11,18H2,1H3,(H,19,23);1H. The van der Waals surface area contributed by atoms with E-state index in [2.05, 4.69) is 5.32 Å². The van der Waals surface area contributed by atoms with Crippen LogP contribution in [0.25, 0.3) is 0 Å². The molecule has 0 saturated carbocycles. The van der Waals surface area contributed by atoms with Gasteiger partial charge in [-0.2, -0.15) is 0 Å². The minimum absolute atomic E-state index is 0. The molecule has 1 aromatic carbocycles. The summed E-state index contributed by atoms with van der Waals surface area (Å²) in [6, 6.07) is 4.04. The quantitative estimate of drug-likeness (QED) is 0.470. The van der Waals surface area contributed by atoms with E-state index in [4.69, 9.17) is 15.2 Å². The van der Waals surface area contributed by atoms with E-state index >= 15 is 0 Å². The van der Waals surface area contributed by atoms with E-state index in [0.717, 1.165) is 12.8 Å². The number of ether oxygens (including phenoxy) is 2. The summed E-state index contributed by atoms with van der Waals surface area (Å²) >= 11 is 0. The van der Waals surface area contributed by atoms with Crippen molar-refractivity contribution in [1.82, 2.24) is 10.2 Å². The average molecular weight is 417 g/mol. The lowest BCUT2D eigenvalue weighted by Crippen LogP contribution is -2.47. The minimum atomic E-state index is -0.558. The summed E-state index contributed by atoms with van der Waals surface area (Å²) in [7, 11) is 1.32. The molecule has 0 radical (unpaired) electrons. The lowest BCUT2D eigenvalue weighted by atomic mass is 9.97. The lowest BCUT2D eigenvalue weighted by molar-refractivity contribution is -0.385. The Morgan fingerprint density at radius 3 is 2.82 bits per heavy atom. The second-order valence-electron chi connectivity index (χ2n) is 6.14. The predicted molar refractivity (Wildman–Crippen MR) is 104 cm³/mol. The van der Waals surface area contributed by atoms with E-state index in [-0.39, 0.29) is 48.2 Å². The molecule has 1 saturated heterocycles. The molecule has 1 atom stereocenters. The molecule has 1 heterocycles. The van der Waals surface area contributed by atoms with E-state index < -0.39 is 4.92 Å². The fourth-order valence-electron chi connectivity index (χ4n) is 2.89. The van der Waals surface area contributed by atoms with Gasteiger partial charge in [0.05, 0.1) is 18.0 Å². The monoisotopic (exact) mass is 416 g/mol. The zero-order valence-electron chi connectivity index (χ0n) is 15.6. The highest BCUT2D eigenvalue weighted by Gasteiger charge is 2.28. The molecule has 1 unspecified atom stereocenters. The van der Waals surface area contributed by atoms with Crippen LogP contribution >= 0.6 is 12.4 Å². The Morgan fingerprint density at radius 1 is 1.43 bits per heavy atom. The number of halogens is 1. The van der Waals surface area contributed by atoms with Crippen molar-refractivity contribution in [1.29, 1.82) is 0 Å². The topological polar surface area (TPSA) is 137 Å². The molecule has 1 aliphatic heterocycles. The third kappa shape index (κ3) is 6.24. The number of hydrogen-bond donors (Lipinski definition) is 2. The largest absolute Gasteiger partial charge is 0.490 e. The summed E-state index contributed by atoms with van der Waals surface area (Å²) in [5, 5.41) is 13.6. The summed E-state index contributed by atoms with van der Waals surface area (Å²) < 4.78 is 10.4. The number of nitrogens with two attached hydrogens (primary N) is 1. The number of benzene rings is 1. The number of piperidine rings is 1. The lowest BCUT2D eigenvalue weighted by Gasteiger charge is -2.32. The minimum Gasteiger partial charge on any atom is -0.490 e. The Bertz CT molecular complexity index is 702. The van der Waals surface area contributed by atoms with Crippen LogP contribution in [0.15, 0.2) is 18.2 Å². The molecule has 0 bridgehead atoms. The van der Waals surface area contributed by atoms with E-state index in [9.17, 15) is 19.7 Å². The van der Waals surface area contributed by atoms with Crippen LogP contribution in [0, 0.1) is 16.0 Å². The molecule has 1 aliphatic rings. The van der Waals surface area contributed by atoms with Crippen LogP contribution < -0.4 is 20.5 Å². The maximum atomic E-state index is 12.4. The fourth-order valence-corrected chi connectivity index (χ4v) is 2.89.